The number of anilines is 1. The second-order valence-electron chi connectivity index (χ2n) is 11.2. The average molecular weight is 564 g/mol. The van der Waals surface area contributed by atoms with E-state index in [-0.39, 0.29) is 40.3 Å². The Kier molecular flexibility index (Phi) is 5.52. The standard InChI is InChI=1S/C26H29N9O4S/c1-40(38,39)22-21(15-9-16-4-5-17(10-15)34(16)25(36)19-13-29-33-32-19)31-24-18(12-30-35(24)23(22)27)14-3-6-20(28-11-14)26(37)7-2-8-26/h3,6,11-13,15-17,37H,2,4-5,7-10,27H2,1H3,(H,29,32,33). The third kappa shape index (κ3) is 3.80. The lowest BCUT2D eigenvalue weighted by atomic mass is 9.77. The number of nitrogen functional groups attached to an aromatic ring is 1. The zero-order valence-corrected chi connectivity index (χ0v) is 22.7. The fraction of sp³-hybridized carbons (Fsp3) is 0.462. The first-order chi connectivity index (χ1) is 19.1. The van der Waals surface area contributed by atoms with Gasteiger partial charge in [0.2, 0.25) is 0 Å². The van der Waals surface area contributed by atoms with Crippen molar-refractivity contribution in [3.63, 3.8) is 0 Å². The van der Waals surface area contributed by atoms with Crippen molar-refractivity contribution >= 4 is 27.2 Å². The van der Waals surface area contributed by atoms with Gasteiger partial charge in [-0.05, 0) is 51.0 Å². The molecule has 1 amide bonds. The molecule has 0 aromatic carbocycles. The van der Waals surface area contributed by atoms with E-state index in [1.165, 1.54) is 10.7 Å². The van der Waals surface area contributed by atoms with Crippen LogP contribution in [0, 0.1) is 0 Å². The summed E-state index contributed by atoms with van der Waals surface area (Å²) in [5.74, 6) is -0.380. The monoisotopic (exact) mass is 563 g/mol. The Labute approximate surface area is 229 Å². The number of nitrogens with zero attached hydrogens (tertiary/aromatic N) is 7. The highest BCUT2D eigenvalue weighted by Gasteiger charge is 2.46. The molecule has 14 heteroatoms. The Morgan fingerprint density at radius 2 is 1.90 bits per heavy atom. The summed E-state index contributed by atoms with van der Waals surface area (Å²) < 4.78 is 27.4. The molecule has 208 valence electrons. The van der Waals surface area contributed by atoms with Gasteiger partial charge in [0.05, 0.1) is 23.8 Å². The number of H-pyrrole nitrogens is 1. The molecule has 2 atom stereocenters. The molecule has 4 aromatic heterocycles. The Morgan fingerprint density at radius 3 is 2.48 bits per heavy atom. The normalized spacial score (nSPS) is 23.9. The predicted molar refractivity (Wildman–Crippen MR) is 143 cm³/mol. The molecule has 4 N–H and O–H groups in total. The number of aromatic nitrogens is 7. The van der Waals surface area contributed by atoms with Crippen LogP contribution in [0.25, 0.3) is 16.8 Å². The second kappa shape index (κ2) is 8.80. The van der Waals surface area contributed by atoms with Crippen LogP contribution in [0.15, 0.2) is 35.6 Å². The van der Waals surface area contributed by atoms with Crippen molar-refractivity contribution in [3.8, 4) is 11.1 Å². The highest BCUT2D eigenvalue weighted by Crippen LogP contribution is 2.46. The molecular weight excluding hydrogens is 534 g/mol. The molecule has 2 saturated heterocycles. The maximum absolute atomic E-state index is 13.1. The van der Waals surface area contributed by atoms with E-state index in [0.29, 0.717) is 48.3 Å². The Balaban J connectivity index is 1.28. The minimum absolute atomic E-state index is 0.00978. The highest BCUT2D eigenvalue weighted by molar-refractivity contribution is 7.91. The van der Waals surface area contributed by atoms with E-state index in [0.717, 1.165) is 31.1 Å². The van der Waals surface area contributed by atoms with Crippen LogP contribution in [0.5, 0.6) is 0 Å². The van der Waals surface area contributed by atoms with E-state index in [9.17, 15) is 18.3 Å². The van der Waals surface area contributed by atoms with Gasteiger partial charge in [0, 0.05) is 41.6 Å². The fourth-order valence-electron chi connectivity index (χ4n) is 6.64. The van der Waals surface area contributed by atoms with Crippen LogP contribution in [0.3, 0.4) is 0 Å². The molecular formula is C26H29N9O4S. The quantitative estimate of drug-likeness (QED) is 0.323. The number of piperidine rings is 1. The second-order valence-corrected chi connectivity index (χ2v) is 13.2. The minimum Gasteiger partial charge on any atom is -0.384 e. The van der Waals surface area contributed by atoms with Crippen molar-refractivity contribution in [2.45, 2.75) is 73.4 Å². The molecule has 1 saturated carbocycles. The first-order valence-corrected chi connectivity index (χ1v) is 15.3. The van der Waals surface area contributed by atoms with Crippen LogP contribution in [0.4, 0.5) is 5.82 Å². The molecule has 6 heterocycles. The summed E-state index contributed by atoms with van der Waals surface area (Å²) in [7, 11) is -3.75. The van der Waals surface area contributed by atoms with E-state index in [1.807, 2.05) is 17.0 Å². The summed E-state index contributed by atoms with van der Waals surface area (Å²) in [5, 5.41) is 25.2. The largest absolute Gasteiger partial charge is 0.384 e. The number of nitrogens with one attached hydrogen (secondary N) is 1. The highest BCUT2D eigenvalue weighted by atomic mass is 32.2. The van der Waals surface area contributed by atoms with Gasteiger partial charge in [-0.15, -0.1) is 0 Å². The molecule has 2 aliphatic heterocycles. The van der Waals surface area contributed by atoms with Gasteiger partial charge >= 0.3 is 0 Å². The lowest BCUT2D eigenvalue weighted by molar-refractivity contribution is -0.0426. The third-order valence-electron chi connectivity index (χ3n) is 8.75. The van der Waals surface area contributed by atoms with Gasteiger partial charge in [-0.3, -0.25) is 9.78 Å². The zero-order valence-electron chi connectivity index (χ0n) is 21.9. The summed E-state index contributed by atoms with van der Waals surface area (Å²) in [6, 6.07) is 3.54. The molecule has 2 unspecified atom stereocenters. The molecule has 1 aliphatic carbocycles. The number of carbonyl (C=O) groups is 1. The van der Waals surface area contributed by atoms with Crippen LogP contribution in [-0.4, -0.2) is 77.7 Å². The SMILES string of the molecule is CS(=O)(=O)c1c(C2CC3CCC(C2)N3C(=O)c2cn[nH]n2)nc2c(-c3ccc(C4(O)CCC4)nc3)cnn2c1N. The van der Waals surface area contributed by atoms with Gasteiger partial charge < -0.3 is 15.7 Å². The third-order valence-corrected chi connectivity index (χ3v) is 9.91. The van der Waals surface area contributed by atoms with Crippen LogP contribution in [0.2, 0.25) is 0 Å². The summed E-state index contributed by atoms with van der Waals surface area (Å²) in [6.07, 6.45) is 10.9. The van der Waals surface area contributed by atoms with Gasteiger partial charge in [0.1, 0.15) is 16.3 Å². The number of sulfone groups is 1. The molecule has 4 aromatic rings. The molecule has 2 bridgehead atoms. The van der Waals surface area contributed by atoms with E-state index in [1.54, 1.807) is 12.4 Å². The summed E-state index contributed by atoms with van der Waals surface area (Å²) >= 11 is 0. The fourth-order valence-corrected chi connectivity index (χ4v) is 7.70. The number of aliphatic hydroxyl groups is 1. The van der Waals surface area contributed by atoms with Crippen molar-refractivity contribution in [1.82, 2.24) is 39.9 Å². The smallest absolute Gasteiger partial charge is 0.276 e. The van der Waals surface area contributed by atoms with E-state index < -0.39 is 15.4 Å². The van der Waals surface area contributed by atoms with Crippen LogP contribution in [-0.2, 0) is 15.4 Å². The van der Waals surface area contributed by atoms with E-state index in [4.69, 9.17) is 10.7 Å². The van der Waals surface area contributed by atoms with E-state index in [2.05, 4.69) is 25.5 Å². The Hall–Kier alpha value is -3.91. The van der Waals surface area contributed by atoms with Crippen molar-refractivity contribution < 1.29 is 18.3 Å². The molecule has 40 heavy (non-hydrogen) atoms. The number of aromatic amines is 1. The zero-order chi connectivity index (χ0) is 27.8. The molecule has 13 nitrogen and oxygen atoms in total. The summed E-state index contributed by atoms with van der Waals surface area (Å²) in [4.78, 5) is 24.4. The van der Waals surface area contributed by atoms with Gasteiger partial charge in [-0.25, -0.2) is 13.4 Å². The summed E-state index contributed by atoms with van der Waals surface area (Å²) in [6.45, 7) is 0. The van der Waals surface area contributed by atoms with Crippen molar-refractivity contribution in [1.29, 1.82) is 0 Å². The molecule has 0 radical (unpaired) electrons. The number of pyridine rings is 1. The number of carbonyl (C=O) groups excluding carboxylic acids is 1. The van der Waals surface area contributed by atoms with Crippen LogP contribution >= 0.6 is 0 Å². The van der Waals surface area contributed by atoms with Crippen molar-refractivity contribution in [3.05, 3.63) is 47.8 Å². The number of rotatable bonds is 5. The first-order valence-electron chi connectivity index (χ1n) is 13.4. The number of fused-ring (bicyclic) bond motifs is 3. The summed E-state index contributed by atoms with van der Waals surface area (Å²) in [5.41, 5.74) is 8.76. The van der Waals surface area contributed by atoms with Gasteiger partial charge in [0.25, 0.3) is 5.91 Å². The van der Waals surface area contributed by atoms with E-state index >= 15 is 0 Å². The van der Waals surface area contributed by atoms with Gasteiger partial charge in [0.15, 0.2) is 21.2 Å². The van der Waals surface area contributed by atoms with Crippen molar-refractivity contribution in [2.24, 2.45) is 0 Å². The van der Waals surface area contributed by atoms with Crippen LogP contribution in [0.1, 0.15) is 72.7 Å². The maximum atomic E-state index is 13.1. The van der Waals surface area contributed by atoms with Crippen LogP contribution < -0.4 is 5.73 Å². The number of amides is 1. The topological polar surface area (TPSA) is 185 Å². The number of hydrogen-bond donors (Lipinski definition) is 3. The minimum atomic E-state index is -3.75. The molecule has 7 rings (SSSR count). The lowest BCUT2D eigenvalue weighted by Crippen LogP contribution is -2.46. The average Bonchev–Trinajstić information content (AvgIpc) is 3.65. The van der Waals surface area contributed by atoms with Crippen molar-refractivity contribution in [2.75, 3.05) is 12.0 Å². The molecule has 3 fully saturated rings. The Bertz CT molecular complexity index is 1720. The molecule has 0 spiro atoms. The maximum Gasteiger partial charge on any atom is 0.276 e. The van der Waals surface area contributed by atoms with Gasteiger partial charge in [-0.2, -0.15) is 25.0 Å². The number of nitrogens with two attached hydrogens (primary N) is 1. The van der Waals surface area contributed by atoms with Gasteiger partial charge in [-0.1, -0.05) is 6.07 Å². The number of hydrogen-bond acceptors (Lipinski definition) is 10. The predicted octanol–water partition coefficient (Wildman–Crippen LogP) is 1.82. The Morgan fingerprint density at radius 1 is 1.15 bits per heavy atom. The first kappa shape index (κ1) is 25.1. The molecule has 3 aliphatic rings. The lowest BCUT2D eigenvalue weighted by Gasteiger charge is -2.38.